The number of aromatic nitrogens is 1. The summed E-state index contributed by atoms with van der Waals surface area (Å²) in [6, 6.07) is 1.19. The summed E-state index contributed by atoms with van der Waals surface area (Å²) >= 11 is 3.20. The first-order valence-electron chi connectivity index (χ1n) is 4.90. The molecular weight excluding hydrogens is 294 g/mol. The highest BCUT2D eigenvalue weighted by Crippen LogP contribution is 2.11. The fourth-order valence-electron chi connectivity index (χ4n) is 1.11. The van der Waals surface area contributed by atoms with Crippen LogP contribution in [0.1, 0.15) is 10.5 Å². The number of hydrogen-bond acceptors (Lipinski definition) is 4. The summed E-state index contributed by atoms with van der Waals surface area (Å²) in [5.74, 6) is -0.388. The topological polar surface area (TPSA) is 97.3 Å². The Balaban J connectivity index is 2.34. The quantitative estimate of drug-likeness (QED) is 0.341. The molecule has 0 bridgehead atoms. The number of H-pyrrole nitrogens is 1. The van der Waals surface area contributed by atoms with Crippen molar-refractivity contribution in [2.45, 2.75) is 0 Å². The molecule has 0 fully saturated rings. The lowest BCUT2D eigenvalue weighted by Crippen LogP contribution is -2.27. The van der Waals surface area contributed by atoms with Gasteiger partial charge in [0.25, 0.3) is 11.6 Å². The number of halogens is 1. The third-order valence-electron chi connectivity index (χ3n) is 1.88. The first-order valence-corrected chi connectivity index (χ1v) is 6.02. The molecule has 0 aliphatic rings. The van der Waals surface area contributed by atoms with Crippen LogP contribution in [0.25, 0.3) is 0 Å². The zero-order valence-electron chi connectivity index (χ0n) is 8.94. The predicted octanol–water partition coefficient (Wildman–Crippen LogP) is 1.06. The van der Waals surface area contributed by atoms with Crippen molar-refractivity contribution < 1.29 is 14.5 Å². The summed E-state index contributed by atoms with van der Waals surface area (Å²) in [7, 11) is 0. The minimum atomic E-state index is -0.563. The van der Waals surface area contributed by atoms with Gasteiger partial charge in [-0.05, 0) is 0 Å². The van der Waals surface area contributed by atoms with E-state index in [9.17, 15) is 14.9 Å². The van der Waals surface area contributed by atoms with Crippen molar-refractivity contribution >= 4 is 27.5 Å². The Morgan fingerprint density at radius 2 is 2.35 bits per heavy atom. The fourth-order valence-corrected chi connectivity index (χ4v) is 1.34. The molecule has 7 nitrogen and oxygen atoms in total. The van der Waals surface area contributed by atoms with Gasteiger partial charge in [-0.25, -0.2) is 0 Å². The number of nitrogens with one attached hydrogen (secondary N) is 2. The van der Waals surface area contributed by atoms with E-state index in [1.807, 2.05) is 0 Å². The standard InChI is InChI=1S/C9H12BrN3O4/c10-1-3-17-4-2-11-9(14)8-5-7(6-12-8)13(15)16/h5-6,12H,1-4H2,(H,11,14). The van der Waals surface area contributed by atoms with Crippen LogP contribution in [0.15, 0.2) is 12.3 Å². The lowest BCUT2D eigenvalue weighted by molar-refractivity contribution is -0.384. The van der Waals surface area contributed by atoms with Gasteiger partial charge >= 0.3 is 0 Å². The predicted molar refractivity (Wildman–Crippen MR) is 64.4 cm³/mol. The third kappa shape index (κ3) is 4.53. The normalized spacial score (nSPS) is 10.2. The molecule has 0 aliphatic heterocycles. The minimum Gasteiger partial charge on any atom is -0.379 e. The van der Waals surface area contributed by atoms with Gasteiger partial charge in [-0.1, -0.05) is 15.9 Å². The molecule has 1 heterocycles. The Kier molecular flexibility index (Phi) is 5.64. The van der Waals surface area contributed by atoms with Gasteiger partial charge in [0.15, 0.2) is 0 Å². The van der Waals surface area contributed by atoms with E-state index in [4.69, 9.17) is 4.74 Å². The van der Waals surface area contributed by atoms with Gasteiger partial charge < -0.3 is 15.0 Å². The lowest BCUT2D eigenvalue weighted by Gasteiger charge is -2.03. The Bertz CT molecular complexity index is 393. The summed E-state index contributed by atoms with van der Waals surface area (Å²) in [6.07, 6.45) is 1.18. The summed E-state index contributed by atoms with van der Waals surface area (Å²) in [5, 5.41) is 13.7. The maximum Gasteiger partial charge on any atom is 0.287 e. The molecule has 1 amide bonds. The average Bonchev–Trinajstić information content (AvgIpc) is 2.78. The molecule has 0 unspecified atom stereocenters. The van der Waals surface area contributed by atoms with E-state index in [1.54, 1.807) is 0 Å². The van der Waals surface area contributed by atoms with Crippen LogP contribution < -0.4 is 5.32 Å². The lowest BCUT2D eigenvalue weighted by atomic mass is 10.4. The van der Waals surface area contributed by atoms with E-state index < -0.39 is 4.92 Å². The zero-order valence-corrected chi connectivity index (χ0v) is 10.5. The SMILES string of the molecule is O=C(NCCOCCBr)c1cc([N+](=O)[O-])c[nH]1. The number of rotatable bonds is 7. The molecule has 0 aliphatic carbocycles. The van der Waals surface area contributed by atoms with Crippen molar-refractivity contribution in [2.24, 2.45) is 0 Å². The Hall–Kier alpha value is -1.41. The van der Waals surface area contributed by atoms with E-state index in [0.29, 0.717) is 19.8 Å². The van der Waals surface area contributed by atoms with Gasteiger partial charge in [-0.3, -0.25) is 14.9 Å². The number of nitro groups is 1. The van der Waals surface area contributed by atoms with Gasteiger partial charge in [0.2, 0.25) is 0 Å². The highest BCUT2D eigenvalue weighted by Gasteiger charge is 2.13. The minimum absolute atomic E-state index is 0.134. The number of nitrogens with zero attached hydrogens (tertiary/aromatic N) is 1. The van der Waals surface area contributed by atoms with Gasteiger partial charge in [0, 0.05) is 17.9 Å². The summed E-state index contributed by atoms with van der Waals surface area (Å²) in [5.41, 5.74) is 0.0304. The van der Waals surface area contributed by atoms with E-state index in [1.165, 1.54) is 12.3 Å². The van der Waals surface area contributed by atoms with Crippen molar-refractivity contribution in [3.8, 4) is 0 Å². The molecule has 0 aromatic carbocycles. The van der Waals surface area contributed by atoms with Gasteiger partial charge in [0.1, 0.15) is 5.69 Å². The van der Waals surface area contributed by atoms with Crippen LogP contribution in [0.2, 0.25) is 0 Å². The molecule has 2 N–H and O–H groups in total. The van der Waals surface area contributed by atoms with Crippen molar-refractivity contribution in [1.29, 1.82) is 0 Å². The van der Waals surface area contributed by atoms with Crippen LogP contribution in [0.4, 0.5) is 5.69 Å². The van der Waals surface area contributed by atoms with Crippen LogP contribution in [0, 0.1) is 10.1 Å². The van der Waals surface area contributed by atoms with Crippen molar-refractivity contribution in [2.75, 3.05) is 25.1 Å². The Morgan fingerprint density at radius 3 is 2.94 bits per heavy atom. The van der Waals surface area contributed by atoms with E-state index in [2.05, 4.69) is 26.2 Å². The number of carbonyl (C=O) groups is 1. The second-order valence-corrected chi connectivity index (χ2v) is 3.88. The number of aromatic amines is 1. The monoisotopic (exact) mass is 305 g/mol. The van der Waals surface area contributed by atoms with Crippen LogP contribution in [0.3, 0.4) is 0 Å². The first-order chi connectivity index (χ1) is 8.15. The highest BCUT2D eigenvalue weighted by atomic mass is 79.9. The second kappa shape index (κ2) is 7.02. The molecule has 0 spiro atoms. The smallest absolute Gasteiger partial charge is 0.287 e. The molecule has 0 saturated carbocycles. The third-order valence-corrected chi connectivity index (χ3v) is 2.20. The van der Waals surface area contributed by atoms with E-state index in [-0.39, 0.29) is 17.3 Å². The number of ether oxygens (including phenoxy) is 1. The van der Waals surface area contributed by atoms with Gasteiger partial charge in [-0.15, -0.1) is 0 Å². The van der Waals surface area contributed by atoms with Crippen molar-refractivity contribution in [1.82, 2.24) is 10.3 Å². The van der Waals surface area contributed by atoms with Crippen LogP contribution in [0.5, 0.6) is 0 Å². The molecule has 8 heteroatoms. The molecule has 0 saturated heterocycles. The molecule has 1 aromatic heterocycles. The Labute approximate surface area is 106 Å². The van der Waals surface area contributed by atoms with Crippen molar-refractivity contribution in [3.63, 3.8) is 0 Å². The molecular formula is C9H12BrN3O4. The van der Waals surface area contributed by atoms with Crippen molar-refractivity contribution in [3.05, 3.63) is 28.1 Å². The largest absolute Gasteiger partial charge is 0.379 e. The number of alkyl halides is 1. The Morgan fingerprint density at radius 1 is 1.59 bits per heavy atom. The molecule has 0 atom stereocenters. The van der Waals surface area contributed by atoms with Crippen LogP contribution in [-0.4, -0.2) is 40.9 Å². The number of carbonyl (C=O) groups excluding carboxylic acids is 1. The maximum absolute atomic E-state index is 11.5. The van der Waals surface area contributed by atoms with E-state index in [0.717, 1.165) is 5.33 Å². The zero-order chi connectivity index (χ0) is 12.7. The summed E-state index contributed by atoms with van der Waals surface area (Å²) < 4.78 is 5.13. The first kappa shape index (κ1) is 13.7. The summed E-state index contributed by atoms with van der Waals surface area (Å²) in [6.45, 7) is 1.34. The molecule has 0 radical (unpaired) electrons. The van der Waals surface area contributed by atoms with Crippen LogP contribution in [-0.2, 0) is 4.74 Å². The molecule has 94 valence electrons. The van der Waals surface area contributed by atoms with Gasteiger partial charge in [-0.2, -0.15) is 0 Å². The average molecular weight is 306 g/mol. The second-order valence-electron chi connectivity index (χ2n) is 3.09. The molecule has 1 aromatic rings. The van der Waals surface area contributed by atoms with Gasteiger partial charge in [0.05, 0.1) is 24.3 Å². The summed E-state index contributed by atoms with van der Waals surface area (Å²) in [4.78, 5) is 23.9. The van der Waals surface area contributed by atoms with E-state index >= 15 is 0 Å². The fraction of sp³-hybridized carbons (Fsp3) is 0.444. The molecule has 1 rings (SSSR count). The molecule has 17 heavy (non-hydrogen) atoms. The number of hydrogen-bond donors (Lipinski definition) is 2. The highest BCUT2D eigenvalue weighted by molar-refractivity contribution is 9.09. The number of amides is 1. The maximum atomic E-state index is 11.5. The van der Waals surface area contributed by atoms with Crippen LogP contribution >= 0.6 is 15.9 Å².